The fourth-order valence-electron chi connectivity index (χ4n) is 3.52. The summed E-state index contributed by atoms with van der Waals surface area (Å²) >= 11 is 7.36. The molecular weight excluding hydrogens is 381 g/mol. The molecule has 1 fully saturated rings. The molecule has 1 aliphatic heterocycles. The lowest BCUT2D eigenvalue weighted by Crippen LogP contribution is -3.14. The number of piperazine rings is 1. The normalized spacial score (nSPS) is 15.4. The number of nitrogens with one attached hydrogen (secondary N) is 1. The molecule has 1 aromatic carbocycles. The first-order valence-corrected chi connectivity index (χ1v) is 10.5. The Morgan fingerprint density at radius 1 is 1.19 bits per heavy atom. The molecule has 142 valence electrons. The maximum absolute atomic E-state index is 13.1. The van der Waals surface area contributed by atoms with Gasteiger partial charge in [-0.15, -0.1) is 16.4 Å². The Morgan fingerprint density at radius 3 is 2.56 bits per heavy atom. The van der Waals surface area contributed by atoms with E-state index in [9.17, 15) is 4.39 Å². The lowest BCUT2D eigenvalue weighted by Gasteiger charge is -2.33. The fourth-order valence-corrected chi connectivity index (χ4v) is 4.56. The first-order chi connectivity index (χ1) is 13.2. The van der Waals surface area contributed by atoms with Crippen LogP contribution in [0.2, 0.25) is 0 Å². The number of benzene rings is 1. The van der Waals surface area contributed by atoms with Gasteiger partial charge in [-0.1, -0.05) is 6.07 Å². The van der Waals surface area contributed by atoms with Crippen molar-refractivity contribution in [2.45, 2.75) is 20.1 Å². The van der Waals surface area contributed by atoms with E-state index in [1.165, 1.54) is 17.0 Å². The van der Waals surface area contributed by atoms with E-state index in [0.29, 0.717) is 0 Å². The summed E-state index contributed by atoms with van der Waals surface area (Å²) in [7, 11) is 0. The molecule has 1 saturated heterocycles. The van der Waals surface area contributed by atoms with E-state index in [1.807, 2.05) is 22.9 Å². The Kier molecular flexibility index (Phi) is 5.38. The number of halogens is 1. The zero-order chi connectivity index (χ0) is 18.8. The molecule has 3 heterocycles. The third-order valence-corrected chi connectivity index (χ3v) is 6.31. The van der Waals surface area contributed by atoms with Crippen LogP contribution in [0.25, 0.3) is 10.7 Å². The van der Waals surface area contributed by atoms with Gasteiger partial charge in [0.2, 0.25) is 4.77 Å². The maximum Gasteiger partial charge on any atom is 0.203 e. The summed E-state index contributed by atoms with van der Waals surface area (Å²) in [5, 5.41) is 6.88. The van der Waals surface area contributed by atoms with Crippen molar-refractivity contribution in [1.82, 2.24) is 14.3 Å². The molecule has 0 spiro atoms. The van der Waals surface area contributed by atoms with Crippen LogP contribution in [0.15, 0.2) is 41.8 Å². The van der Waals surface area contributed by atoms with Gasteiger partial charge in [-0.2, -0.15) is 4.68 Å². The minimum atomic E-state index is -0.189. The van der Waals surface area contributed by atoms with Crippen molar-refractivity contribution in [2.75, 3.05) is 31.1 Å². The molecule has 1 aliphatic rings. The molecule has 8 heteroatoms. The van der Waals surface area contributed by atoms with E-state index in [4.69, 9.17) is 17.3 Å². The van der Waals surface area contributed by atoms with Crippen LogP contribution in [0.1, 0.15) is 6.92 Å². The van der Waals surface area contributed by atoms with Gasteiger partial charge in [0, 0.05) is 12.2 Å². The number of nitrogens with zero attached hydrogens (tertiary/aromatic N) is 4. The van der Waals surface area contributed by atoms with Crippen molar-refractivity contribution in [3.05, 3.63) is 52.4 Å². The zero-order valence-electron chi connectivity index (χ0n) is 15.3. The molecule has 27 heavy (non-hydrogen) atoms. The number of aromatic nitrogens is 3. The molecule has 0 bridgehead atoms. The van der Waals surface area contributed by atoms with Crippen LogP contribution in [0.3, 0.4) is 0 Å². The van der Waals surface area contributed by atoms with Crippen molar-refractivity contribution >= 4 is 29.2 Å². The van der Waals surface area contributed by atoms with Gasteiger partial charge in [0.05, 0.1) is 31.1 Å². The molecular formula is C19H23FN5S2+. The van der Waals surface area contributed by atoms with Crippen LogP contribution in [-0.4, -0.2) is 40.5 Å². The summed E-state index contributed by atoms with van der Waals surface area (Å²) < 4.78 is 18.0. The van der Waals surface area contributed by atoms with Crippen LogP contribution in [0, 0.1) is 10.6 Å². The second-order valence-corrected chi connectivity index (χ2v) is 8.01. The molecule has 0 radical (unpaired) electrons. The van der Waals surface area contributed by atoms with E-state index in [0.717, 1.165) is 60.6 Å². The van der Waals surface area contributed by atoms with Crippen molar-refractivity contribution in [1.29, 1.82) is 0 Å². The minimum absolute atomic E-state index is 0.189. The molecule has 4 rings (SSSR count). The van der Waals surface area contributed by atoms with Crippen molar-refractivity contribution in [3.63, 3.8) is 0 Å². The highest BCUT2D eigenvalue weighted by Crippen LogP contribution is 2.23. The van der Waals surface area contributed by atoms with E-state index < -0.39 is 0 Å². The van der Waals surface area contributed by atoms with E-state index >= 15 is 0 Å². The molecule has 0 atom stereocenters. The summed E-state index contributed by atoms with van der Waals surface area (Å²) in [6.07, 6.45) is 0. The van der Waals surface area contributed by atoms with Crippen molar-refractivity contribution in [2.24, 2.45) is 0 Å². The van der Waals surface area contributed by atoms with Crippen LogP contribution in [-0.2, 0) is 13.2 Å². The van der Waals surface area contributed by atoms with Gasteiger partial charge in [-0.05, 0) is 54.9 Å². The van der Waals surface area contributed by atoms with Gasteiger partial charge < -0.3 is 9.80 Å². The molecule has 1 N–H and O–H groups in total. The first kappa shape index (κ1) is 18.3. The van der Waals surface area contributed by atoms with Crippen molar-refractivity contribution in [3.8, 4) is 10.7 Å². The monoisotopic (exact) mass is 404 g/mol. The summed E-state index contributed by atoms with van der Waals surface area (Å²) in [5.41, 5.74) is 1.09. The third-order valence-electron chi connectivity index (χ3n) is 5.02. The topological polar surface area (TPSA) is 30.4 Å². The molecule has 3 aromatic rings. The predicted molar refractivity (Wildman–Crippen MR) is 109 cm³/mol. The standard InChI is InChI=1S/C19H22FN5S2/c1-2-24-18(17-4-3-13-27-17)21-25(19(24)26)14-22-9-11-23(12-10-22)16-7-5-15(20)6-8-16/h3-8,13H,2,9-12,14H2,1H3/p+1. The SMILES string of the molecule is CCn1c(-c2cccs2)nn(C[NH+]2CCN(c3ccc(F)cc3)CC2)c1=S. The van der Waals surface area contributed by atoms with Crippen LogP contribution in [0.4, 0.5) is 10.1 Å². The minimum Gasteiger partial charge on any atom is -0.360 e. The molecule has 5 nitrogen and oxygen atoms in total. The lowest BCUT2D eigenvalue weighted by molar-refractivity contribution is -0.924. The maximum atomic E-state index is 13.1. The zero-order valence-corrected chi connectivity index (χ0v) is 16.9. The van der Waals surface area contributed by atoms with Crippen LogP contribution < -0.4 is 9.80 Å². The van der Waals surface area contributed by atoms with Gasteiger partial charge in [0.25, 0.3) is 0 Å². The Balaban J connectivity index is 1.45. The highest BCUT2D eigenvalue weighted by Gasteiger charge is 2.22. The first-order valence-electron chi connectivity index (χ1n) is 9.21. The van der Waals surface area contributed by atoms with Crippen LogP contribution >= 0.6 is 23.6 Å². The number of hydrogen-bond acceptors (Lipinski definition) is 4. The second-order valence-electron chi connectivity index (χ2n) is 6.70. The highest BCUT2D eigenvalue weighted by atomic mass is 32.1. The molecule has 0 saturated carbocycles. The Bertz CT molecular complexity index is 938. The second kappa shape index (κ2) is 7.92. The lowest BCUT2D eigenvalue weighted by atomic mass is 10.2. The van der Waals surface area contributed by atoms with E-state index in [1.54, 1.807) is 11.3 Å². The average Bonchev–Trinajstić information content (AvgIpc) is 3.32. The van der Waals surface area contributed by atoms with Gasteiger partial charge >= 0.3 is 0 Å². The Hall–Kier alpha value is -2.03. The largest absolute Gasteiger partial charge is 0.360 e. The predicted octanol–water partition coefficient (Wildman–Crippen LogP) is 2.66. The number of anilines is 1. The Morgan fingerprint density at radius 2 is 1.93 bits per heavy atom. The number of rotatable bonds is 5. The van der Waals surface area contributed by atoms with Crippen molar-refractivity contribution < 1.29 is 9.29 Å². The third kappa shape index (κ3) is 3.83. The fraction of sp³-hybridized carbons (Fsp3) is 0.368. The quantitative estimate of drug-likeness (QED) is 0.664. The molecule has 2 aromatic heterocycles. The highest BCUT2D eigenvalue weighted by molar-refractivity contribution is 7.71. The van der Waals surface area contributed by atoms with Gasteiger partial charge in [0.1, 0.15) is 5.82 Å². The molecule has 0 unspecified atom stereocenters. The summed E-state index contributed by atoms with van der Waals surface area (Å²) in [6.45, 7) is 7.61. The average molecular weight is 405 g/mol. The molecule has 0 aliphatic carbocycles. The summed E-state index contributed by atoms with van der Waals surface area (Å²) in [5.74, 6) is 0.771. The van der Waals surface area contributed by atoms with E-state index in [-0.39, 0.29) is 5.82 Å². The number of quaternary nitrogens is 1. The van der Waals surface area contributed by atoms with Gasteiger partial charge in [0.15, 0.2) is 12.5 Å². The summed E-state index contributed by atoms with van der Waals surface area (Å²) in [6, 6.07) is 10.9. The smallest absolute Gasteiger partial charge is 0.203 e. The number of thiophene rings is 1. The number of hydrogen-bond donors (Lipinski definition) is 1. The summed E-state index contributed by atoms with van der Waals surface area (Å²) in [4.78, 5) is 4.92. The van der Waals surface area contributed by atoms with Crippen LogP contribution in [0.5, 0.6) is 0 Å². The van der Waals surface area contributed by atoms with E-state index in [2.05, 4.69) is 27.8 Å². The van der Waals surface area contributed by atoms with Gasteiger partial charge in [-0.25, -0.2) is 4.39 Å². The van der Waals surface area contributed by atoms with Gasteiger partial charge in [-0.3, -0.25) is 4.57 Å². The molecule has 0 amide bonds. The Labute approximate surface area is 167 Å².